The van der Waals surface area contributed by atoms with Crippen molar-refractivity contribution in [1.82, 2.24) is 0 Å². The minimum Gasteiger partial charge on any atom is -0.228 e. The van der Waals surface area contributed by atoms with Gasteiger partial charge < -0.3 is 0 Å². The van der Waals surface area contributed by atoms with E-state index in [1.54, 1.807) is 6.08 Å². The number of allylic oxidation sites excluding steroid dienone is 1. The van der Waals surface area contributed by atoms with Crippen molar-refractivity contribution in [2.75, 3.05) is 0 Å². The van der Waals surface area contributed by atoms with E-state index in [-0.39, 0.29) is 5.92 Å². The maximum atomic E-state index is 11.3. The molecule has 0 fully saturated rings. The Morgan fingerprint density at radius 1 is 1.36 bits per heavy atom. The number of nitrogens with two attached hydrogens (primary N) is 1. The first-order valence-electron chi connectivity index (χ1n) is 4.91. The van der Waals surface area contributed by atoms with Gasteiger partial charge in [0.1, 0.15) is 0 Å². The first-order valence-corrected chi connectivity index (χ1v) is 6.52. The molecule has 0 aromatic heterocycles. The molecule has 0 rings (SSSR count). The van der Waals surface area contributed by atoms with Gasteiger partial charge in [-0.3, -0.25) is 0 Å². The summed E-state index contributed by atoms with van der Waals surface area (Å²) in [4.78, 5) is 0. The molecule has 0 bridgehead atoms. The highest BCUT2D eigenvalue weighted by Crippen LogP contribution is 2.21. The largest absolute Gasteiger partial charge is 0.228 e. The van der Waals surface area contributed by atoms with E-state index in [4.69, 9.17) is 5.14 Å². The van der Waals surface area contributed by atoms with Gasteiger partial charge in [-0.1, -0.05) is 26.8 Å². The van der Waals surface area contributed by atoms with Crippen LogP contribution >= 0.6 is 0 Å². The second-order valence-electron chi connectivity index (χ2n) is 4.26. The lowest BCUT2D eigenvalue weighted by Crippen LogP contribution is -2.35. The fourth-order valence-electron chi connectivity index (χ4n) is 1.57. The van der Waals surface area contributed by atoms with Crippen molar-refractivity contribution >= 4 is 10.0 Å². The van der Waals surface area contributed by atoms with Crippen LogP contribution in [0.4, 0.5) is 0 Å². The van der Waals surface area contributed by atoms with Gasteiger partial charge >= 0.3 is 0 Å². The molecule has 0 aromatic carbocycles. The van der Waals surface area contributed by atoms with E-state index >= 15 is 0 Å². The molecular weight excluding hydrogens is 198 g/mol. The molecule has 4 heteroatoms. The Labute approximate surface area is 87.4 Å². The summed E-state index contributed by atoms with van der Waals surface area (Å²) in [5.41, 5.74) is 0. The van der Waals surface area contributed by atoms with Crippen LogP contribution in [0.1, 0.15) is 33.6 Å². The molecule has 2 atom stereocenters. The molecule has 2 N–H and O–H groups in total. The van der Waals surface area contributed by atoms with Gasteiger partial charge in [0.15, 0.2) is 0 Å². The highest BCUT2D eigenvalue weighted by molar-refractivity contribution is 7.89. The van der Waals surface area contributed by atoms with Crippen molar-refractivity contribution in [1.29, 1.82) is 0 Å². The maximum Gasteiger partial charge on any atom is 0.212 e. The lowest BCUT2D eigenvalue weighted by Gasteiger charge is -2.22. The summed E-state index contributed by atoms with van der Waals surface area (Å²) in [5, 5.41) is 4.75. The number of primary sulfonamides is 1. The summed E-state index contributed by atoms with van der Waals surface area (Å²) in [7, 11) is -3.43. The fraction of sp³-hybridized carbons (Fsp3) is 0.800. The van der Waals surface area contributed by atoms with Crippen LogP contribution in [-0.2, 0) is 10.0 Å². The van der Waals surface area contributed by atoms with E-state index < -0.39 is 15.3 Å². The molecule has 14 heavy (non-hydrogen) atoms. The van der Waals surface area contributed by atoms with Gasteiger partial charge in [-0.2, -0.15) is 0 Å². The van der Waals surface area contributed by atoms with Crippen LogP contribution in [0.2, 0.25) is 0 Å². The molecule has 0 radical (unpaired) electrons. The first kappa shape index (κ1) is 13.7. The summed E-state index contributed by atoms with van der Waals surface area (Å²) >= 11 is 0. The summed E-state index contributed by atoms with van der Waals surface area (Å²) in [6.07, 6.45) is 3.05. The van der Waals surface area contributed by atoms with Gasteiger partial charge in [-0.15, -0.1) is 6.58 Å². The van der Waals surface area contributed by atoms with Gasteiger partial charge in [-0.05, 0) is 24.7 Å². The van der Waals surface area contributed by atoms with Crippen LogP contribution in [0.3, 0.4) is 0 Å². The standard InChI is InChI=1S/C10H21NO2S/c1-5-6-9(4)10(7-8(2)3)14(11,12)13/h5,8-10H,1,6-7H2,2-4H3,(H2,11,12,13)/t9-,10+/m1/s1. The van der Waals surface area contributed by atoms with Crippen molar-refractivity contribution in [2.45, 2.75) is 38.9 Å². The molecule has 0 amide bonds. The third-order valence-electron chi connectivity index (χ3n) is 2.30. The van der Waals surface area contributed by atoms with E-state index in [2.05, 4.69) is 6.58 Å². The maximum absolute atomic E-state index is 11.3. The number of sulfonamides is 1. The number of rotatable bonds is 6. The third kappa shape index (κ3) is 4.77. The van der Waals surface area contributed by atoms with Crippen LogP contribution in [0, 0.1) is 11.8 Å². The van der Waals surface area contributed by atoms with Crippen molar-refractivity contribution < 1.29 is 8.42 Å². The number of hydrogen-bond donors (Lipinski definition) is 1. The summed E-state index contributed by atoms with van der Waals surface area (Å²) in [6, 6.07) is 0. The highest BCUT2D eigenvalue weighted by Gasteiger charge is 2.27. The molecule has 0 aliphatic rings. The van der Waals surface area contributed by atoms with Gasteiger partial charge in [0, 0.05) is 0 Å². The van der Waals surface area contributed by atoms with E-state index in [0.29, 0.717) is 18.8 Å². The van der Waals surface area contributed by atoms with Crippen LogP contribution in [-0.4, -0.2) is 13.7 Å². The summed E-state index contributed by atoms with van der Waals surface area (Å²) in [6.45, 7) is 9.51. The zero-order valence-corrected chi connectivity index (χ0v) is 10.0. The summed E-state index contributed by atoms with van der Waals surface area (Å²) < 4.78 is 22.7. The van der Waals surface area contributed by atoms with Gasteiger partial charge in [0.05, 0.1) is 5.25 Å². The minimum atomic E-state index is -3.43. The Balaban J connectivity index is 4.64. The smallest absolute Gasteiger partial charge is 0.212 e. The monoisotopic (exact) mass is 219 g/mol. The second-order valence-corrected chi connectivity index (χ2v) is 6.04. The normalized spacial score (nSPS) is 16.6. The van der Waals surface area contributed by atoms with E-state index in [1.165, 1.54) is 0 Å². The van der Waals surface area contributed by atoms with Crippen LogP contribution in [0.15, 0.2) is 12.7 Å². The quantitative estimate of drug-likeness (QED) is 0.694. The molecule has 0 aliphatic heterocycles. The van der Waals surface area contributed by atoms with Crippen LogP contribution in [0.5, 0.6) is 0 Å². The second kappa shape index (κ2) is 5.51. The average molecular weight is 219 g/mol. The van der Waals surface area contributed by atoms with Crippen molar-refractivity contribution in [3.63, 3.8) is 0 Å². The van der Waals surface area contributed by atoms with Gasteiger partial charge in [-0.25, -0.2) is 13.6 Å². The van der Waals surface area contributed by atoms with E-state index in [9.17, 15) is 8.42 Å². The van der Waals surface area contributed by atoms with E-state index in [0.717, 1.165) is 0 Å². The summed E-state index contributed by atoms with van der Waals surface area (Å²) in [5.74, 6) is 0.385. The Morgan fingerprint density at radius 3 is 2.14 bits per heavy atom. The fourth-order valence-corrected chi connectivity index (χ4v) is 2.98. The first-order chi connectivity index (χ1) is 6.29. The van der Waals surface area contributed by atoms with E-state index in [1.807, 2.05) is 20.8 Å². The zero-order valence-electron chi connectivity index (χ0n) is 9.23. The lowest BCUT2D eigenvalue weighted by molar-refractivity contribution is 0.441. The third-order valence-corrected chi connectivity index (χ3v) is 3.80. The minimum absolute atomic E-state index is 0.0462. The van der Waals surface area contributed by atoms with Crippen molar-refractivity contribution in [3.05, 3.63) is 12.7 Å². The Morgan fingerprint density at radius 2 is 1.86 bits per heavy atom. The molecule has 84 valence electrons. The molecular formula is C10H21NO2S. The molecule has 0 saturated carbocycles. The molecule has 0 heterocycles. The molecule has 0 saturated heterocycles. The van der Waals surface area contributed by atoms with Crippen molar-refractivity contribution in [3.8, 4) is 0 Å². The van der Waals surface area contributed by atoms with Crippen LogP contribution in [0.25, 0.3) is 0 Å². The Bertz CT molecular complexity index is 270. The predicted molar refractivity (Wildman–Crippen MR) is 60.3 cm³/mol. The lowest BCUT2D eigenvalue weighted by atomic mass is 9.96. The molecule has 0 aromatic rings. The predicted octanol–water partition coefficient (Wildman–Crippen LogP) is 1.90. The topological polar surface area (TPSA) is 60.2 Å². The Kier molecular flexibility index (Phi) is 5.37. The van der Waals surface area contributed by atoms with Gasteiger partial charge in [0.2, 0.25) is 10.0 Å². The molecule has 0 aliphatic carbocycles. The van der Waals surface area contributed by atoms with Gasteiger partial charge in [0.25, 0.3) is 0 Å². The molecule has 3 nitrogen and oxygen atoms in total. The molecule has 0 spiro atoms. The van der Waals surface area contributed by atoms with Crippen LogP contribution < -0.4 is 5.14 Å². The highest BCUT2D eigenvalue weighted by atomic mass is 32.2. The van der Waals surface area contributed by atoms with Crippen molar-refractivity contribution in [2.24, 2.45) is 17.0 Å². The number of hydrogen-bond acceptors (Lipinski definition) is 2. The average Bonchev–Trinajstić information content (AvgIpc) is 1.98. The zero-order chi connectivity index (χ0) is 11.4. The SMILES string of the molecule is C=CC[C@@H](C)[C@H](CC(C)C)S(N)(=O)=O. The Hall–Kier alpha value is -0.350. The molecule has 0 unspecified atom stereocenters.